The van der Waals surface area contributed by atoms with Crippen LogP contribution in [0.5, 0.6) is 0 Å². The number of carbonyl (C=O) groups is 2. The molecule has 0 aliphatic carbocycles. The van der Waals surface area contributed by atoms with Crippen LogP contribution in [0.3, 0.4) is 0 Å². The van der Waals surface area contributed by atoms with Crippen LogP contribution in [0.15, 0.2) is 77.7 Å². The Morgan fingerprint density at radius 2 is 1.58 bits per heavy atom. The van der Waals surface area contributed by atoms with Crippen molar-refractivity contribution in [1.29, 1.82) is 0 Å². The molecule has 3 aromatic rings. The summed E-state index contributed by atoms with van der Waals surface area (Å²) in [5, 5.41) is 2.53. The van der Waals surface area contributed by atoms with Crippen molar-refractivity contribution in [2.45, 2.75) is 38.3 Å². The Kier molecular flexibility index (Phi) is 8.47. The van der Waals surface area contributed by atoms with Crippen LogP contribution in [0.4, 0.5) is 10.1 Å². The molecule has 7 nitrogen and oxygen atoms in total. The molecule has 3 aromatic carbocycles. The number of aryl methyl sites for hydroxylation is 1. The van der Waals surface area contributed by atoms with Gasteiger partial charge in [-0.15, -0.1) is 0 Å². The third kappa shape index (κ3) is 5.91. The van der Waals surface area contributed by atoms with Gasteiger partial charge < -0.3 is 10.2 Å². The van der Waals surface area contributed by atoms with Gasteiger partial charge in [0.25, 0.3) is 10.0 Å². The van der Waals surface area contributed by atoms with Crippen LogP contribution < -0.4 is 9.62 Å². The maximum absolute atomic E-state index is 13.7. The molecule has 0 aliphatic heterocycles. The third-order valence-corrected chi connectivity index (χ3v) is 7.91. The fraction of sp³-hybridized carbons (Fsp3) is 0.259. The van der Waals surface area contributed by atoms with Crippen molar-refractivity contribution in [2.75, 3.05) is 17.9 Å². The number of carbonyl (C=O) groups excluding carboxylic acids is 2. The Morgan fingerprint density at radius 1 is 0.944 bits per heavy atom. The van der Waals surface area contributed by atoms with Crippen molar-refractivity contribution in [2.24, 2.45) is 0 Å². The summed E-state index contributed by atoms with van der Waals surface area (Å²) in [4.78, 5) is 27.5. The lowest BCUT2D eigenvalue weighted by Crippen LogP contribution is -2.50. The Morgan fingerprint density at radius 3 is 2.19 bits per heavy atom. The predicted molar refractivity (Wildman–Crippen MR) is 137 cm³/mol. The number of anilines is 1. The average molecular weight is 512 g/mol. The standard InChI is InChI=1S/C27H30FN3O4S/c1-19-9-8-12-25(20(19)2)31(36(34,35)24-10-6-5-7-11-24)18-26(32)30(21(3)27(33)29-4)17-22-13-15-23(28)16-14-22/h5-16,21H,17-18H2,1-4H3,(H,29,33). The molecule has 3 rings (SSSR count). The molecule has 9 heteroatoms. The summed E-state index contributed by atoms with van der Waals surface area (Å²) in [5.41, 5.74) is 2.57. The molecule has 1 N–H and O–H groups in total. The van der Waals surface area contributed by atoms with E-state index in [1.54, 1.807) is 44.2 Å². The van der Waals surface area contributed by atoms with E-state index in [1.807, 2.05) is 13.0 Å². The topological polar surface area (TPSA) is 86.8 Å². The zero-order chi connectivity index (χ0) is 26.5. The smallest absolute Gasteiger partial charge is 0.264 e. The molecule has 0 bridgehead atoms. The summed E-state index contributed by atoms with van der Waals surface area (Å²) >= 11 is 0. The number of halogens is 1. The Bertz CT molecular complexity index is 1330. The van der Waals surface area contributed by atoms with Gasteiger partial charge in [-0.25, -0.2) is 12.8 Å². The molecule has 36 heavy (non-hydrogen) atoms. The number of hydrogen-bond donors (Lipinski definition) is 1. The van der Waals surface area contributed by atoms with Crippen LogP contribution in [0.2, 0.25) is 0 Å². The van der Waals surface area contributed by atoms with Gasteiger partial charge >= 0.3 is 0 Å². The molecule has 0 fully saturated rings. The van der Waals surface area contributed by atoms with E-state index >= 15 is 0 Å². The highest BCUT2D eigenvalue weighted by Crippen LogP contribution is 2.29. The lowest BCUT2D eigenvalue weighted by Gasteiger charge is -2.32. The first-order chi connectivity index (χ1) is 17.1. The molecule has 0 saturated carbocycles. The molecule has 190 valence electrons. The second-order valence-electron chi connectivity index (χ2n) is 8.48. The first kappa shape index (κ1) is 26.9. The van der Waals surface area contributed by atoms with Gasteiger partial charge in [-0.3, -0.25) is 13.9 Å². The minimum absolute atomic E-state index is 0.000274. The van der Waals surface area contributed by atoms with Gasteiger partial charge in [-0.05, 0) is 67.8 Å². The van der Waals surface area contributed by atoms with Crippen molar-refractivity contribution >= 4 is 27.5 Å². The summed E-state index contributed by atoms with van der Waals surface area (Å²) in [6.45, 7) is 4.70. The minimum atomic E-state index is -4.12. The van der Waals surface area contributed by atoms with Crippen LogP contribution in [-0.4, -0.2) is 44.8 Å². The first-order valence-corrected chi connectivity index (χ1v) is 12.9. The zero-order valence-electron chi connectivity index (χ0n) is 20.7. The van der Waals surface area contributed by atoms with Crippen molar-refractivity contribution < 1.29 is 22.4 Å². The average Bonchev–Trinajstić information content (AvgIpc) is 2.88. The Balaban J connectivity index is 2.06. The van der Waals surface area contributed by atoms with Gasteiger partial charge in [0.15, 0.2) is 0 Å². The van der Waals surface area contributed by atoms with Gasteiger partial charge in [-0.2, -0.15) is 0 Å². The van der Waals surface area contributed by atoms with Crippen molar-refractivity contribution in [3.63, 3.8) is 0 Å². The third-order valence-electron chi connectivity index (χ3n) is 6.13. The molecule has 0 heterocycles. The van der Waals surface area contributed by atoms with E-state index in [1.165, 1.54) is 48.3 Å². The van der Waals surface area contributed by atoms with Crippen LogP contribution in [0.1, 0.15) is 23.6 Å². The van der Waals surface area contributed by atoms with E-state index in [0.717, 1.165) is 9.87 Å². The van der Waals surface area contributed by atoms with Gasteiger partial charge in [0.05, 0.1) is 10.6 Å². The van der Waals surface area contributed by atoms with Crippen molar-refractivity contribution in [3.8, 4) is 0 Å². The Hall–Kier alpha value is -3.72. The molecule has 1 atom stereocenters. The van der Waals surface area contributed by atoms with Gasteiger partial charge in [0.2, 0.25) is 11.8 Å². The largest absolute Gasteiger partial charge is 0.357 e. The van der Waals surface area contributed by atoms with Gasteiger partial charge in [0, 0.05) is 13.6 Å². The Labute approximate surface area is 211 Å². The summed E-state index contributed by atoms with van der Waals surface area (Å²) in [5.74, 6) is -1.41. The predicted octanol–water partition coefficient (Wildman–Crippen LogP) is 3.80. The number of nitrogens with one attached hydrogen (secondary N) is 1. The number of nitrogens with zero attached hydrogens (tertiary/aromatic N) is 2. The summed E-state index contributed by atoms with van der Waals surface area (Å²) in [6.07, 6.45) is 0. The zero-order valence-corrected chi connectivity index (χ0v) is 21.5. The minimum Gasteiger partial charge on any atom is -0.357 e. The number of benzene rings is 3. The van der Waals surface area contributed by atoms with E-state index in [0.29, 0.717) is 16.8 Å². The highest BCUT2D eigenvalue weighted by molar-refractivity contribution is 7.92. The molecule has 0 aliphatic rings. The number of hydrogen-bond acceptors (Lipinski definition) is 4. The maximum atomic E-state index is 13.7. The molecule has 0 spiro atoms. The lowest BCUT2D eigenvalue weighted by molar-refractivity contribution is -0.139. The number of likely N-dealkylation sites (N-methyl/N-ethyl adjacent to an activating group) is 1. The van der Waals surface area contributed by atoms with Crippen LogP contribution in [0.25, 0.3) is 0 Å². The molecule has 0 aromatic heterocycles. The highest BCUT2D eigenvalue weighted by atomic mass is 32.2. The van der Waals surface area contributed by atoms with E-state index in [2.05, 4.69) is 5.32 Å². The monoisotopic (exact) mass is 511 g/mol. The highest BCUT2D eigenvalue weighted by Gasteiger charge is 2.33. The normalized spacial score (nSPS) is 12.0. The van der Waals surface area contributed by atoms with Gasteiger partial charge in [0.1, 0.15) is 18.4 Å². The van der Waals surface area contributed by atoms with Gasteiger partial charge in [-0.1, -0.05) is 42.5 Å². The van der Waals surface area contributed by atoms with Crippen LogP contribution >= 0.6 is 0 Å². The van der Waals surface area contributed by atoms with Crippen LogP contribution in [0, 0.1) is 19.7 Å². The maximum Gasteiger partial charge on any atom is 0.264 e. The second-order valence-corrected chi connectivity index (χ2v) is 10.3. The quantitative estimate of drug-likeness (QED) is 0.474. The van der Waals surface area contributed by atoms with Crippen molar-refractivity contribution in [1.82, 2.24) is 10.2 Å². The lowest BCUT2D eigenvalue weighted by atomic mass is 10.1. The molecule has 1 unspecified atom stereocenters. The molecular weight excluding hydrogens is 481 g/mol. The molecule has 0 radical (unpaired) electrons. The van der Waals surface area contributed by atoms with E-state index < -0.39 is 40.2 Å². The number of rotatable bonds is 9. The molecule has 2 amide bonds. The van der Waals surface area contributed by atoms with E-state index in [-0.39, 0.29) is 11.4 Å². The summed E-state index contributed by atoms with van der Waals surface area (Å²) in [6, 6.07) is 17.8. The first-order valence-electron chi connectivity index (χ1n) is 11.5. The van der Waals surface area contributed by atoms with E-state index in [9.17, 15) is 22.4 Å². The summed E-state index contributed by atoms with van der Waals surface area (Å²) in [7, 11) is -2.66. The summed E-state index contributed by atoms with van der Waals surface area (Å²) < 4.78 is 42.0. The van der Waals surface area contributed by atoms with Crippen molar-refractivity contribution in [3.05, 3.63) is 95.3 Å². The molecular formula is C27H30FN3O4S. The number of amides is 2. The van der Waals surface area contributed by atoms with Crippen LogP contribution in [-0.2, 0) is 26.2 Å². The number of sulfonamides is 1. The fourth-order valence-electron chi connectivity index (χ4n) is 3.82. The SMILES string of the molecule is CNC(=O)C(C)N(Cc1ccc(F)cc1)C(=O)CN(c1cccc(C)c1C)S(=O)(=O)c1ccccc1. The van der Waals surface area contributed by atoms with E-state index in [4.69, 9.17) is 0 Å². The second kappa shape index (κ2) is 11.3. The fourth-order valence-corrected chi connectivity index (χ4v) is 5.31. The molecule has 0 saturated heterocycles.